The first kappa shape index (κ1) is 12.4. The summed E-state index contributed by atoms with van der Waals surface area (Å²) >= 11 is 0. The summed E-state index contributed by atoms with van der Waals surface area (Å²) in [5.41, 5.74) is 2.76. The van der Waals surface area contributed by atoms with Crippen LogP contribution in [0.4, 0.5) is 0 Å². The molecule has 0 bridgehead atoms. The molecule has 19 heavy (non-hydrogen) atoms. The molecule has 1 aromatic carbocycles. The predicted molar refractivity (Wildman–Crippen MR) is 74.7 cm³/mol. The van der Waals surface area contributed by atoms with Crippen LogP contribution < -0.4 is 0 Å². The Bertz CT molecular complexity index is 561. The molecule has 100 valence electrons. The van der Waals surface area contributed by atoms with Gasteiger partial charge in [0.2, 0.25) is 0 Å². The number of nitrogens with zero attached hydrogens (tertiary/aromatic N) is 3. The number of aromatic nitrogens is 3. The zero-order valence-corrected chi connectivity index (χ0v) is 11.6. The fraction of sp³-hybridized carbons (Fsp3) is 0.467. The van der Waals surface area contributed by atoms with Crippen LogP contribution in [-0.2, 0) is 6.54 Å². The molecule has 3 rings (SSSR count). The molecule has 1 aliphatic heterocycles. The van der Waals surface area contributed by atoms with E-state index in [0.717, 1.165) is 31.2 Å². The molecule has 1 aliphatic rings. The molecule has 2 aromatic rings. The van der Waals surface area contributed by atoms with Gasteiger partial charge in [0.25, 0.3) is 0 Å². The van der Waals surface area contributed by atoms with Gasteiger partial charge in [0.05, 0.1) is 6.04 Å². The van der Waals surface area contributed by atoms with Crippen LogP contribution in [0.25, 0.3) is 0 Å². The summed E-state index contributed by atoms with van der Waals surface area (Å²) < 4.78 is 0. The number of nitrogens with one attached hydrogen (secondary N) is 1. The van der Waals surface area contributed by atoms with Crippen LogP contribution in [0, 0.1) is 13.8 Å². The van der Waals surface area contributed by atoms with E-state index in [4.69, 9.17) is 0 Å². The number of benzene rings is 1. The first-order valence-electron chi connectivity index (χ1n) is 6.91. The summed E-state index contributed by atoms with van der Waals surface area (Å²) in [5.74, 6) is 1.85. The van der Waals surface area contributed by atoms with Crippen LogP contribution in [0.15, 0.2) is 24.3 Å². The van der Waals surface area contributed by atoms with Crippen molar-refractivity contribution < 1.29 is 0 Å². The number of aryl methyl sites for hydroxylation is 2. The van der Waals surface area contributed by atoms with Crippen molar-refractivity contribution in [3.05, 3.63) is 47.0 Å². The quantitative estimate of drug-likeness (QED) is 0.918. The Morgan fingerprint density at radius 2 is 2.16 bits per heavy atom. The molecule has 1 atom stereocenters. The van der Waals surface area contributed by atoms with Gasteiger partial charge in [-0.3, -0.25) is 10.00 Å². The van der Waals surface area contributed by atoms with Gasteiger partial charge in [0.15, 0.2) is 5.82 Å². The summed E-state index contributed by atoms with van der Waals surface area (Å²) in [5, 5.41) is 7.29. The first-order valence-corrected chi connectivity index (χ1v) is 6.91. The molecule has 4 nitrogen and oxygen atoms in total. The van der Waals surface area contributed by atoms with Gasteiger partial charge in [-0.05, 0) is 44.4 Å². The van der Waals surface area contributed by atoms with Gasteiger partial charge >= 0.3 is 0 Å². The molecule has 4 heteroatoms. The van der Waals surface area contributed by atoms with Gasteiger partial charge in [-0.1, -0.05) is 24.3 Å². The van der Waals surface area contributed by atoms with Crippen molar-refractivity contribution >= 4 is 0 Å². The maximum Gasteiger partial charge on any atom is 0.167 e. The molecule has 2 heterocycles. The molecule has 1 aromatic heterocycles. The Morgan fingerprint density at radius 3 is 2.89 bits per heavy atom. The largest absolute Gasteiger partial charge is 0.289 e. The van der Waals surface area contributed by atoms with Crippen LogP contribution in [0.5, 0.6) is 0 Å². The minimum atomic E-state index is 0.365. The van der Waals surface area contributed by atoms with E-state index in [0.29, 0.717) is 6.04 Å². The Morgan fingerprint density at radius 1 is 1.32 bits per heavy atom. The van der Waals surface area contributed by atoms with Crippen LogP contribution in [0.2, 0.25) is 0 Å². The summed E-state index contributed by atoms with van der Waals surface area (Å²) in [4.78, 5) is 6.99. The van der Waals surface area contributed by atoms with Gasteiger partial charge in [-0.25, -0.2) is 4.98 Å². The fourth-order valence-corrected chi connectivity index (χ4v) is 2.82. The molecule has 0 aliphatic carbocycles. The highest BCUT2D eigenvalue weighted by atomic mass is 15.3. The molecule has 0 radical (unpaired) electrons. The molecular weight excluding hydrogens is 236 g/mol. The minimum Gasteiger partial charge on any atom is -0.289 e. The third-order valence-electron chi connectivity index (χ3n) is 3.91. The second-order valence-electron chi connectivity index (χ2n) is 5.33. The van der Waals surface area contributed by atoms with E-state index in [1.54, 1.807) is 0 Å². The van der Waals surface area contributed by atoms with E-state index in [9.17, 15) is 0 Å². The summed E-state index contributed by atoms with van der Waals surface area (Å²) in [6, 6.07) is 8.97. The van der Waals surface area contributed by atoms with Crippen molar-refractivity contribution in [2.75, 3.05) is 6.54 Å². The minimum absolute atomic E-state index is 0.365. The maximum atomic E-state index is 4.50. The highest BCUT2D eigenvalue weighted by Gasteiger charge is 2.29. The van der Waals surface area contributed by atoms with E-state index in [1.807, 2.05) is 6.92 Å². The topological polar surface area (TPSA) is 44.8 Å². The van der Waals surface area contributed by atoms with Crippen molar-refractivity contribution in [3.8, 4) is 0 Å². The Hall–Kier alpha value is -1.68. The number of likely N-dealkylation sites (tertiary alicyclic amines) is 1. The van der Waals surface area contributed by atoms with Gasteiger partial charge < -0.3 is 0 Å². The van der Waals surface area contributed by atoms with Gasteiger partial charge in [0.1, 0.15) is 5.82 Å². The lowest BCUT2D eigenvalue weighted by Crippen LogP contribution is -2.24. The van der Waals surface area contributed by atoms with Crippen molar-refractivity contribution in [2.45, 2.75) is 39.3 Å². The lowest BCUT2D eigenvalue weighted by atomic mass is 10.1. The Balaban J connectivity index is 1.79. The molecule has 1 N–H and O–H groups in total. The number of hydrogen-bond donors (Lipinski definition) is 1. The van der Waals surface area contributed by atoms with Gasteiger partial charge in [0, 0.05) is 6.54 Å². The Labute approximate surface area is 113 Å². The smallest absolute Gasteiger partial charge is 0.167 e. The van der Waals surface area contributed by atoms with E-state index in [2.05, 4.69) is 51.3 Å². The zero-order valence-electron chi connectivity index (χ0n) is 11.6. The van der Waals surface area contributed by atoms with Crippen LogP contribution >= 0.6 is 0 Å². The van der Waals surface area contributed by atoms with E-state index in [-0.39, 0.29) is 0 Å². The van der Waals surface area contributed by atoms with E-state index >= 15 is 0 Å². The first-order chi connectivity index (χ1) is 9.24. The molecule has 1 fully saturated rings. The van der Waals surface area contributed by atoms with Crippen LogP contribution in [0.1, 0.15) is 41.7 Å². The number of H-pyrrole nitrogens is 1. The van der Waals surface area contributed by atoms with E-state index < -0.39 is 0 Å². The average Bonchev–Trinajstić information content (AvgIpc) is 3.01. The highest BCUT2D eigenvalue weighted by molar-refractivity contribution is 5.25. The SMILES string of the molecule is Cc1nc([C@@H]2CCCN2Cc2ccccc2C)n[nH]1. The highest BCUT2D eigenvalue weighted by Crippen LogP contribution is 2.31. The number of aromatic amines is 1. The lowest BCUT2D eigenvalue weighted by Gasteiger charge is -2.23. The van der Waals surface area contributed by atoms with Crippen molar-refractivity contribution in [1.82, 2.24) is 20.1 Å². The van der Waals surface area contributed by atoms with Crippen LogP contribution in [-0.4, -0.2) is 26.6 Å². The third kappa shape index (κ3) is 2.54. The van der Waals surface area contributed by atoms with Gasteiger partial charge in [-0.2, -0.15) is 5.10 Å². The van der Waals surface area contributed by atoms with Crippen LogP contribution in [0.3, 0.4) is 0 Å². The van der Waals surface area contributed by atoms with Gasteiger partial charge in [-0.15, -0.1) is 0 Å². The number of hydrogen-bond acceptors (Lipinski definition) is 3. The summed E-state index contributed by atoms with van der Waals surface area (Å²) in [7, 11) is 0. The predicted octanol–water partition coefficient (Wildman–Crippen LogP) is 2.76. The normalized spacial score (nSPS) is 20.0. The second-order valence-corrected chi connectivity index (χ2v) is 5.33. The summed E-state index contributed by atoms with van der Waals surface area (Å²) in [6.07, 6.45) is 2.38. The lowest BCUT2D eigenvalue weighted by molar-refractivity contribution is 0.240. The molecular formula is C15H20N4. The second kappa shape index (κ2) is 5.13. The molecule has 0 spiro atoms. The monoisotopic (exact) mass is 256 g/mol. The molecule has 0 amide bonds. The molecule has 0 saturated carbocycles. The number of rotatable bonds is 3. The average molecular weight is 256 g/mol. The standard InChI is InChI=1S/C15H20N4/c1-11-6-3-4-7-13(11)10-19-9-5-8-14(19)15-16-12(2)17-18-15/h3-4,6-7,14H,5,8-10H2,1-2H3,(H,16,17,18)/t14-/m0/s1. The fourth-order valence-electron chi connectivity index (χ4n) is 2.82. The summed E-state index contributed by atoms with van der Waals surface area (Å²) in [6.45, 7) is 6.26. The van der Waals surface area contributed by atoms with Crippen molar-refractivity contribution in [3.63, 3.8) is 0 Å². The van der Waals surface area contributed by atoms with Crippen molar-refractivity contribution in [2.24, 2.45) is 0 Å². The Kier molecular flexibility index (Phi) is 3.34. The van der Waals surface area contributed by atoms with Crippen molar-refractivity contribution in [1.29, 1.82) is 0 Å². The third-order valence-corrected chi connectivity index (χ3v) is 3.91. The molecule has 1 saturated heterocycles. The van der Waals surface area contributed by atoms with E-state index in [1.165, 1.54) is 17.5 Å². The zero-order chi connectivity index (χ0) is 13.2. The molecule has 0 unspecified atom stereocenters. The maximum absolute atomic E-state index is 4.50.